The second-order valence-corrected chi connectivity index (χ2v) is 9.72. The highest BCUT2D eigenvalue weighted by Crippen LogP contribution is 2.36. The largest absolute Gasteiger partial charge is 0.351 e. The molecule has 1 aliphatic rings. The number of sulfone groups is 1. The van der Waals surface area contributed by atoms with Gasteiger partial charge in [-0.05, 0) is 43.1 Å². The van der Waals surface area contributed by atoms with Crippen LogP contribution in [0.1, 0.15) is 23.2 Å². The molecule has 1 aromatic heterocycles. The van der Waals surface area contributed by atoms with E-state index in [1.54, 1.807) is 18.2 Å². The van der Waals surface area contributed by atoms with Crippen LogP contribution < -0.4 is 21.7 Å². The maximum absolute atomic E-state index is 12.7. The second kappa shape index (κ2) is 8.29. The molecule has 0 radical (unpaired) electrons. The average Bonchev–Trinajstić information content (AvgIpc) is 3.05. The van der Waals surface area contributed by atoms with Crippen molar-refractivity contribution in [3.05, 3.63) is 35.9 Å². The first kappa shape index (κ1) is 20.3. The zero-order chi connectivity index (χ0) is 20.3. The molecule has 1 saturated heterocycles. The van der Waals surface area contributed by atoms with Gasteiger partial charge in [0.2, 0.25) is 0 Å². The summed E-state index contributed by atoms with van der Waals surface area (Å²) in [7, 11) is -3.29. The minimum Gasteiger partial charge on any atom is -0.351 e. The molecule has 2 aromatic rings. The Bertz CT molecular complexity index is 978. The van der Waals surface area contributed by atoms with Crippen LogP contribution in [0, 0.1) is 0 Å². The fraction of sp³-hybridized carbons (Fsp3) is 0.333. The Kier molecular flexibility index (Phi) is 6.01. The zero-order valence-corrected chi connectivity index (χ0v) is 17.0. The average molecular weight is 423 g/mol. The van der Waals surface area contributed by atoms with E-state index in [1.807, 2.05) is 0 Å². The molecule has 0 aliphatic carbocycles. The van der Waals surface area contributed by atoms with E-state index in [4.69, 9.17) is 5.73 Å². The van der Waals surface area contributed by atoms with Crippen LogP contribution >= 0.6 is 11.3 Å². The van der Waals surface area contributed by atoms with Gasteiger partial charge in [-0.2, -0.15) is 0 Å². The highest BCUT2D eigenvalue weighted by molar-refractivity contribution is 7.90. The van der Waals surface area contributed by atoms with Crippen molar-refractivity contribution < 1.29 is 18.0 Å². The van der Waals surface area contributed by atoms with E-state index in [-0.39, 0.29) is 16.8 Å². The molecule has 0 bridgehead atoms. The molecule has 1 fully saturated rings. The number of hydrogen-bond acceptors (Lipinski definition) is 6. The molecule has 0 saturated carbocycles. The van der Waals surface area contributed by atoms with E-state index in [1.165, 1.54) is 23.5 Å². The minimum atomic E-state index is -3.29. The summed E-state index contributed by atoms with van der Waals surface area (Å²) >= 11 is 1.21. The lowest BCUT2D eigenvalue weighted by atomic mass is 10.1. The summed E-state index contributed by atoms with van der Waals surface area (Å²) in [5, 5.41) is 9.07. The van der Waals surface area contributed by atoms with Crippen LogP contribution in [0.3, 0.4) is 0 Å². The normalized spacial score (nSPS) is 17.1. The Hall–Kier alpha value is -2.43. The number of carbonyl (C=O) groups is 2. The molecule has 150 valence electrons. The van der Waals surface area contributed by atoms with E-state index in [9.17, 15) is 18.0 Å². The Labute approximate surface area is 167 Å². The Balaban J connectivity index is 1.88. The van der Waals surface area contributed by atoms with Crippen molar-refractivity contribution in [2.75, 3.05) is 24.7 Å². The molecule has 1 aliphatic heterocycles. The number of primary amides is 1. The Morgan fingerprint density at radius 2 is 1.96 bits per heavy atom. The number of nitrogens with two attached hydrogens (primary N) is 1. The van der Waals surface area contributed by atoms with Gasteiger partial charge in [-0.15, -0.1) is 11.3 Å². The summed E-state index contributed by atoms with van der Waals surface area (Å²) in [6.07, 6.45) is 3.02. The maximum Gasteiger partial charge on any atom is 0.317 e. The number of thiophene rings is 1. The summed E-state index contributed by atoms with van der Waals surface area (Å²) in [5.74, 6) is -0.285. The topological polar surface area (TPSA) is 130 Å². The van der Waals surface area contributed by atoms with Gasteiger partial charge in [0.25, 0.3) is 5.91 Å². The molecular weight excluding hydrogens is 400 g/mol. The number of nitrogens with one attached hydrogen (secondary N) is 3. The number of amides is 3. The van der Waals surface area contributed by atoms with E-state index in [2.05, 4.69) is 16.0 Å². The molecule has 0 spiro atoms. The maximum atomic E-state index is 12.7. The highest BCUT2D eigenvalue weighted by atomic mass is 32.2. The third kappa shape index (κ3) is 4.89. The summed E-state index contributed by atoms with van der Waals surface area (Å²) in [6.45, 7) is 1.64. The van der Waals surface area contributed by atoms with E-state index in [0.717, 1.165) is 36.1 Å². The molecule has 8 nitrogen and oxygen atoms in total. The molecule has 1 atom stereocenters. The quantitative estimate of drug-likeness (QED) is 0.584. The van der Waals surface area contributed by atoms with Crippen molar-refractivity contribution in [1.82, 2.24) is 10.6 Å². The Morgan fingerprint density at radius 1 is 1.25 bits per heavy atom. The van der Waals surface area contributed by atoms with Gasteiger partial charge < -0.3 is 16.4 Å². The molecule has 2 heterocycles. The molecule has 3 amide bonds. The molecule has 0 unspecified atom stereocenters. The van der Waals surface area contributed by atoms with Crippen LogP contribution in [-0.2, 0) is 9.84 Å². The van der Waals surface area contributed by atoms with Crippen LogP contribution in [0.2, 0.25) is 0 Å². The first-order chi connectivity index (χ1) is 13.2. The van der Waals surface area contributed by atoms with Gasteiger partial charge in [-0.1, -0.05) is 12.1 Å². The predicted octanol–water partition coefficient (Wildman–Crippen LogP) is 1.79. The van der Waals surface area contributed by atoms with Gasteiger partial charge in [0.05, 0.1) is 10.5 Å². The third-order valence-corrected chi connectivity index (χ3v) is 6.64. The summed E-state index contributed by atoms with van der Waals surface area (Å²) in [5.41, 5.74) is 6.31. The molecule has 1 aromatic carbocycles. The van der Waals surface area contributed by atoms with Crippen LogP contribution in [0.25, 0.3) is 10.4 Å². The van der Waals surface area contributed by atoms with Crippen molar-refractivity contribution in [2.45, 2.75) is 23.8 Å². The molecular formula is C18H22N4O4S2. The van der Waals surface area contributed by atoms with Gasteiger partial charge in [0, 0.05) is 23.7 Å². The molecule has 5 N–H and O–H groups in total. The van der Waals surface area contributed by atoms with Gasteiger partial charge >= 0.3 is 6.03 Å². The second-order valence-electron chi connectivity index (χ2n) is 6.66. The standard InChI is InChI=1S/C18H22N4O4S2/c1-28(25,26)13-6-4-11(5-7-13)15-9-14(17(27-15)22-18(19)24)16(23)21-12-3-2-8-20-10-12/h4-7,9,12,20H,2-3,8,10H2,1H3,(H,21,23)(H3,19,22,24)/t12-/m0/s1. The lowest BCUT2D eigenvalue weighted by molar-refractivity contribution is 0.0932. The van der Waals surface area contributed by atoms with E-state index >= 15 is 0 Å². The molecule has 28 heavy (non-hydrogen) atoms. The number of rotatable bonds is 5. The lowest BCUT2D eigenvalue weighted by Gasteiger charge is -2.23. The highest BCUT2D eigenvalue weighted by Gasteiger charge is 2.22. The van der Waals surface area contributed by atoms with Gasteiger partial charge in [0.15, 0.2) is 9.84 Å². The third-order valence-electron chi connectivity index (χ3n) is 4.41. The SMILES string of the molecule is CS(=O)(=O)c1ccc(-c2cc(C(=O)N[C@H]3CCCNC3)c(NC(N)=O)s2)cc1. The van der Waals surface area contributed by atoms with Crippen molar-refractivity contribution >= 4 is 38.1 Å². The van der Waals surface area contributed by atoms with Crippen molar-refractivity contribution in [3.63, 3.8) is 0 Å². The summed E-state index contributed by atoms with van der Waals surface area (Å²) in [6, 6.07) is 7.32. The molecule has 3 rings (SSSR count). The Morgan fingerprint density at radius 3 is 2.54 bits per heavy atom. The zero-order valence-electron chi connectivity index (χ0n) is 15.3. The summed E-state index contributed by atoms with van der Waals surface area (Å²) < 4.78 is 23.2. The summed E-state index contributed by atoms with van der Waals surface area (Å²) in [4.78, 5) is 25.0. The number of benzene rings is 1. The first-order valence-electron chi connectivity index (χ1n) is 8.76. The van der Waals surface area contributed by atoms with Crippen LogP contribution in [-0.4, -0.2) is 45.7 Å². The number of carbonyl (C=O) groups excluding carboxylic acids is 2. The van der Waals surface area contributed by atoms with Gasteiger partial charge in [-0.3, -0.25) is 10.1 Å². The number of urea groups is 1. The number of hydrogen-bond donors (Lipinski definition) is 4. The first-order valence-corrected chi connectivity index (χ1v) is 11.5. The molecule has 10 heteroatoms. The van der Waals surface area contributed by atoms with Crippen LogP contribution in [0.5, 0.6) is 0 Å². The smallest absolute Gasteiger partial charge is 0.317 e. The van der Waals surface area contributed by atoms with Gasteiger partial charge in [0.1, 0.15) is 5.00 Å². The number of piperidine rings is 1. The lowest BCUT2D eigenvalue weighted by Crippen LogP contribution is -2.45. The van der Waals surface area contributed by atoms with E-state index in [0.29, 0.717) is 17.1 Å². The van der Waals surface area contributed by atoms with E-state index < -0.39 is 15.9 Å². The predicted molar refractivity (Wildman–Crippen MR) is 109 cm³/mol. The van der Waals surface area contributed by atoms with Crippen LogP contribution in [0.15, 0.2) is 35.2 Å². The number of anilines is 1. The van der Waals surface area contributed by atoms with Crippen molar-refractivity contribution in [3.8, 4) is 10.4 Å². The fourth-order valence-electron chi connectivity index (χ4n) is 3.01. The van der Waals surface area contributed by atoms with Crippen LogP contribution in [0.4, 0.5) is 9.80 Å². The minimum absolute atomic E-state index is 0.0278. The monoisotopic (exact) mass is 422 g/mol. The van der Waals surface area contributed by atoms with Crippen molar-refractivity contribution in [1.29, 1.82) is 0 Å². The van der Waals surface area contributed by atoms with Gasteiger partial charge in [-0.25, -0.2) is 13.2 Å². The van der Waals surface area contributed by atoms with Crippen molar-refractivity contribution in [2.24, 2.45) is 5.73 Å². The fourth-order valence-corrected chi connectivity index (χ4v) is 4.71.